The van der Waals surface area contributed by atoms with Crippen LogP contribution in [0.1, 0.15) is 34.1 Å². The van der Waals surface area contributed by atoms with Gasteiger partial charge in [0.05, 0.1) is 12.1 Å². The summed E-state index contributed by atoms with van der Waals surface area (Å²) in [5, 5.41) is 19.4. The molecule has 1 heterocycles. The summed E-state index contributed by atoms with van der Waals surface area (Å²) < 4.78 is 5.19. The molecule has 16 heavy (non-hydrogen) atoms. The van der Waals surface area contributed by atoms with Crippen molar-refractivity contribution in [2.45, 2.75) is 51.4 Å². The van der Waals surface area contributed by atoms with E-state index in [0.717, 1.165) is 0 Å². The molecule has 0 aliphatic carbocycles. The molecule has 1 amide bonds. The number of hydrogen-bond acceptors (Lipinski definition) is 4. The van der Waals surface area contributed by atoms with E-state index < -0.39 is 23.4 Å². The second-order valence-corrected chi connectivity index (χ2v) is 5.55. The zero-order valence-corrected chi connectivity index (χ0v) is 10.4. The van der Waals surface area contributed by atoms with Gasteiger partial charge in [-0.1, -0.05) is 0 Å². The number of carbonyl (C=O) groups is 1. The maximum atomic E-state index is 11.7. The molecule has 0 saturated carbocycles. The number of carbonyl (C=O) groups excluding carboxylic acids is 1. The summed E-state index contributed by atoms with van der Waals surface area (Å²) >= 11 is 0. The lowest BCUT2D eigenvalue weighted by Crippen LogP contribution is -2.55. The molecule has 2 N–H and O–H groups in total. The van der Waals surface area contributed by atoms with E-state index in [9.17, 15) is 15.0 Å². The molecule has 0 bridgehead atoms. The van der Waals surface area contributed by atoms with E-state index in [1.807, 2.05) is 0 Å². The molecular weight excluding hydrogens is 210 g/mol. The van der Waals surface area contributed by atoms with Crippen LogP contribution in [0.5, 0.6) is 0 Å². The Morgan fingerprint density at radius 2 is 2.06 bits per heavy atom. The molecule has 1 aliphatic heterocycles. The lowest BCUT2D eigenvalue weighted by atomic mass is 9.91. The van der Waals surface area contributed by atoms with Crippen molar-refractivity contribution < 1.29 is 19.7 Å². The van der Waals surface area contributed by atoms with Crippen molar-refractivity contribution in [2.75, 3.05) is 13.1 Å². The van der Waals surface area contributed by atoms with Gasteiger partial charge in [-0.25, -0.2) is 4.79 Å². The van der Waals surface area contributed by atoms with E-state index in [1.165, 1.54) is 4.90 Å². The van der Waals surface area contributed by atoms with Gasteiger partial charge >= 0.3 is 6.09 Å². The number of amides is 1. The number of aliphatic hydroxyl groups is 2. The quantitative estimate of drug-likeness (QED) is 0.645. The Balaban J connectivity index is 2.55. The lowest BCUT2D eigenvalue weighted by molar-refractivity contribution is -0.106. The molecule has 1 fully saturated rings. The minimum absolute atomic E-state index is 0.113. The van der Waals surface area contributed by atoms with Crippen molar-refractivity contribution in [1.82, 2.24) is 4.90 Å². The average Bonchev–Trinajstić information content (AvgIpc) is 2.06. The summed E-state index contributed by atoms with van der Waals surface area (Å²) in [5.74, 6) is 0. The molecule has 94 valence electrons. The predicted octanol–water partition coefficient (Wildman–Crippen LogP) is 0.739. The fourth-order valence-electron chi connectivity index (χ4n) is 1.52. The number of β-amino-alcohol motifs (C(OH)–C–C–N with tert-alkyl or cyclic N) is 1. The minimum atomic E-state index is -1.11. The Morgan fingerprint density at radius 3 is 2.50 bits per heavy atom. The van der Waals surface area contributed by atoms with E-state index >= 15 is 0 Å². The summed E-state index contributed by atoms with van der Waals surface area (Å²) in [7, 11) is 0. The van der Waals surface area contributed by atoms with Crippen LogP contribution < -0.4 is 0 Å². The zero-order valence-electron chi connectivity index (χ0n) is 10.4. The smallest absolute Gasteiger partial charge is 0.410 e. The first kappa shape index (κ1) is 13.3. The molecule has 1 saturated heterocycles. The second-order valence-electron chi connectivity index (χ2n) is 5.55. The maximum absolute atomic E-state index is 11.7. The standard InChI is InChI=1S/C11H21NO4/c1-10(2,3)16-9(14)12-6-5-11(4,15)8(13)7-12/h8,13,15H,5-7H2,1-4H3/t8-,11+/m1/s1. The highest BCUT2D eigenvalue weighted by atomic mass is 16.6. The van der Waals surface area contributed by atoms with Gasteiger partial charge in [-0.3, -0.25) is 0 Å². The molecule has 5 heteroatoms. The van der Waals surface area contributed by atoms with E-state index in [4.69, 9.17) is 4.74 Å². The van der Waals surface area contributed by atoms with Crippen molar-refractivity contribution in [1.29, 1.82) is 0 Å². The van der Waals surface area contributed by atoms with E-state index in [2.05, 4.69) is 0 Å². The predicted molar refractivity (Wildman–Crippen MR) is 59.1 cm³/mol. The molecule has 5 nitrogen and oxygen atoms in total. The van der Waals surface area contributed by atoms with Gasteiger partial charge < -0.3 is 19.8 Å². The third-order valence-electron chi connectivity index (χ3n) is 2.65. The first-order valence-corrected chi connectivity index (χ1v) is 5.50. The summed E-state index contributed by atoms with van der Waals surface area (Å²) in [4.78, 5) is 13.1. The molecular formula is C11H21NO4. The fourth-order valence-corrected chi connectivity index (χ4v) is 1.52. The number of rotatable bonds is 0. The summed E-state index contributed by atoms with van der Waals surface area (Å²) in [6.45, 7) is 7.47. The molecule has 0 aromatic heterocycles. The van der Waals surface area contributed by atoms with Crippen molar-refractivity contribution in [2.24, 2.45) is 0 Å². The molecule has 2 atom stereocenters. The van der Waals surface area contributed by atoms with Crippen LogP contribution in [-0.4, -0.2) is 51.6 Å². The van der Waals surface area contributed by atoms with Crippen LogP contribution in [0.25, 0.3) is 0 Å². The van der Waals surface area contributed by atoms with E-state index in [-0.39, 0.29) is 6.54 Å². The van der Waals surface area contributed by atoms with Crippen LogP contribution in [0, 0.1) is 0 Å². The Labute approximate surface area is 96.0 Å². The topological polar surface area (TPSA) is 70.0 Å². The van der Waals surface area contributed by atoms with Crippen LogP contribution in [0.3, 0.4) is 0 Å². The average molecular weight is 231 g/mol. The Kier molecular flexibility index (Phi) is 3.50. The van der Waals surface area contributed by atoms with Gasteiger partial charge in [0.2, 0.25) is 0 Å². The van der Waals surface area contributed by atoms with Crippen LogP contribution >= 0.6 is 0 Å². The number of ether oxygens (including phenoxy) is 1. The highest BCUT2D eigenvalue weighted by molar-refractivity contribution is 5.68. The minimum Gasteiger partial charge on any atom is -0.444 e. The normalized spacial score (nSPS) is 31.4. The lowest BCUT2D eigenvalue weighted by Gasteiger charge is -2.40. The Bertz CT molecular complexity index is 270. The molecule has 0 spiro atoms. The number of aliphatic hydroxyl groups excluding tert-OH is 1. The number of piperidine rings is 1. The van der Waals surface area contributed by atoms with Crippen molar-refractivity contribution in [3.8, 4) is 0 Å². The van der Waals surface area contributed by atoms with Crippen molar-refractivity contribution >= 4 is 6.09 Å². The molecule has 0 unspecified atom stereocenters. The Hall–Kier alpha value is -0.810. The van der Waals surface area contributed by atoms with Gasteiger partial charge in [-0.2, -0.15) is 0 Å². The number of hydrogen-bond donors (Lipinski definition) is 2. The van der Waals surface area contributed by atoms with Crippen LogP contribution in [0.2, 0.25) is 0 Å². The number of likely N-dealkylation sites (tertiary alicyclic amines) is 1. The zero-order chi connectivity index (χ0) is 12.6. The van der Waals surface area contributed by atoms with Crippen LogP contribution in [-0.2, 0) is 4.74 Å². The van der Waals surface area contributed by atoms with Gasteiger partial charge in [-0.15, -0.1) is 0 Å². The van der Waals surface area contributed by atoms with Gasteiger partial charge in [0.15, 0.2) is 0 Å². The third-order valence-corrected chi connectivity index (χ3v) is 2.65. The summed E-state index contributed by atoms with van der Waals surface area (Å²) in [6.07, 6.45) is -1.01. The van der Waals surface area contributed by atoms with Crippen molar-refractivity contribution in [3.63, 3.8) is 0 Å². The summed E-state index contributed by atoms with van der Waals surface area (Å²) in [5.41, 5.74) is -1.65. The van der Waals surface area contributed by atoms with Gasteiger partial charge in [-0.05, 0) is 34.1 Å². The fraction of sp³-hybridized carbons (Fsp3) is 0.909. The Morgan fingerprint density at radius 1 is 1.50 bits per heavy atom. The van der Waals surface area contributed by atoms with Crippen molar-refractivity contribution in [3.05, 3.63) is 0 Å². The SMILES string of the molecule is CC(C)(C)OC(=O)N1CC[C@](C)(O)[C@H](O)C1. The molecule has 0 radical (unpaired) electrons. The first-order valence-electron chi connectivity index (χ1n) is 5.50. The van der Waals surface area contributed by atoms with Crippen LogP contribution in [0.15, 0.2) is 0 Å². The summed E-state index contributed by atoms with van der Waals surface area (Å²) in [6, 6.07) is 0. The molecule has 0 aromatic rings. The number of nitrogens with zero attached hydrogens (tertiary/aromatic N) is 1. The van der Waals surface area contributed by atoms with E-state index in [0.29, 0.717) is 13.0 Å². The maximum Gasteiger partial charge on any atom is 0.410 e. The van der Waals surface area contributed by atoms with Gasteiger partial charge in [0, 0.05) is 6.54 Å². The second kappa shape index (κ2) is 4.22. The molecule has 0 aromatic carbocycles. The molecule has 1 aliphatic rings. The van der Waals surface area contributed by atoms with Gasteiger partial charge in [0.25, 0.3) is 0 Å². The van der Waals surface area contributed by atoms with Gasteiger partial charge in [0.1, 0.15) is 11.7 Å². The first-order chi connectivity index (χ1) is 7.12. The van der Waals surface area contributed by atoms with Crippen LogP contribution in [0.4, 0.5) is 4.79 Å². The molecule has 1 rings (SSSR count). The monoisotopic (exact) mass is 231 g/mol. The van der Waals surface area contributed by atoms with E-state index in [1.54, 1.807) is 27.7 Å². The highest BCUT2D eigenvalue weighted by Gasteiger charge is 2.38. The third kappa shape index (κ3) is 3.35. The highest BCUT2D eigenvalue weighted by Crippen LogP contribution is 2.23. The largest absolute Gasteiger partial charge is 0.444 e.